The number of aryl methyl sites for hydroxylation is 1. The van der Waals surface area contributed by atoms with Crippen molar-refractivity contribution in [2.24, 2.45) is 0 Å². The van der Waals surface area contributed by atoms with Gasteiger partial charge in [0.15, 0.2) is 11.6 Å². The lowest BCUT2D eigenvalue weighted by Gasteiger charge is -2.10. The lowest BCUT2D eigenvalue weighted by atomic mass is 10.2. The van der Waals surface area contributed by atoms with Crippen molar-refractivity contribution in [3.8, 4) is 10.7 Å². The van der Waals surface area contributed by atoms with Gasteiger partial charge in [0.05, 0.1) is 9.77 Å². The molecule has 4 aromatic rings. The summed E-state index contributed by atoms with van der Waals surface area (Å²) < 4.78 is 58.5. The summed E-state index contributed by atoms with van der Waals surface area (Å²) in [5.74, 6) is -1.88. The highest BCUT2D eigenvalue weighted by molar-refractivity contribution is 7.92. The number of hydrogen-bond donors (Lipinski definition) is 2. The van der Waals surface area contributed by atoms with E-state index < -0.39 is 26.6 Å². The predicted molar refractivity (Wildman–Crippen MR) is 118 cm³/mol. The Morgan fingerprint density at radius 2 is 1.79 bits per heavy atom. The van der Waals surface area contributed by atoms with Crippen LogP contribution in [0.15, 0.2) is 69.4 Å². The number of nitrogens with one attached hydrogen (secondary N) is 2. The molecule has 0 aliphatic heterocycles. The van der Waals surface area contributed by atoms with Gasteiger partial charge in [-0.25, -0.2) is 17.2 Å². The smallest absolute Gasteiger partial charge is 0.261 e. The van der Waals surface area contributed by atoms with E-state index in [4.69, 9.17) is 4.52 Å². The molecule has 0 unspecified atom stereocenters. The monoisotopic (exact) mass is 490 g/mol. The van der Waals surface area contributed by atoms with Crippen LogP contribution in [0.4, 0.5) is 20.2 Å². The second-order valence-electron chi connectivity index (χ2n) is 6.80. The van der Waals surface area contributed by atoms with E-state index in [0.29, 0.717) is 23.5 Å². The standard InChI is InChI=1S/C21H16F2N4O4S2/c22-16-8-7-15(12-17(16)23)33(29,30)27-14-5-3-13(4-6-14)24-19(28)9-10-20-25-21(26-31-20)18-2-1-11-32-18/h1-8,11-12,27H,9-10H2,(H,24,28). The predicted octanol–water partition coefficient (Wildman–Crippen LogP) is 4.45. The van der Waals surface area contributed by atoms with Gasteiger partial charge in [-0.05, 0) is 53.9 Å². The maximum absolute atomic E-state index is 13.3. The molecule has 8 nitrogen and oxygen atoms in total. The number of carbonyl (C=O) groups excluding carboxylic acids is 1. The van der Waals surface area contributed by atoms with Crippen molar-refractivity contribution in [2.75, 3.05) is 10.0 Å². The second-order valence-corrected chi connectivity index (χ2v) is 9.43. The van der Waals surface area contributed by atoms with Crippen LogP contribution < -0.4 is 10.0 Å². The molecule has 0 aliphatic rings. The normalized spacial score (nSPS) is 11.3. The quantitative estimate of drug-likeness (QED) is 0.377. The zero-order chi connectivity index (χ0) is 23.4. The first-order valence-corrected chi connectivity index (χ1v) is 11.9. The van der Waals surface area contributed by atoms with E-state index in [0.717, 1.165) is 17.0 Å². The van der Waals surface area contributed by atoms with Crippen LogP contribution in [0.25, 0.3) is 10.7 Å². The van der Waals surface area contributed by atoms with E-state index in [-0.39, 0.29) is 24.4 Å². The van der Waals surface area contributed by atoms with Gasteiger partial charge >= 0.3 is 0 Å². The Bertz CT molecular complexity index is 1370. The lowest BCUT2D eigenvalue weighted by Crippen LogP contribution is -2.14. The highest BCUT2D eigenvalue weighted by Crippen LogP contribution is 2.22. The first kappa shape index (κ1) is 22.6. The number of hydrogen-bond acceptors (Lipinski definition) is 7. The minimum Gasteiger partial charge on any atom is -0.339 e. The van der Waals surface area contributed by atoms with Crippen molar-refractivity contribution in [3.63, 3.8) is 0 Å². The molecule has 0 radical (unpaired) electrons. The Morgan fingerprint density at radius 3 is 2.48 bits per heavy atom. The van der Waals surface area contributed by atoms with Gasteiger partial charge in [0.25, 0.3) is 10.0 Å². The van der Waals surface area contributed by atoms with Gasteiger partial charge < -0.3 is 9.84 Å². The van der Waals surface area contributed by atoms with Crippen LogP contribution in [0.1, 0.15) is 12.3 Å². The molecular weight excluding hydrogens is 474 g/mol. The molecule has 2 N–H and O–H groups in total. The summed E-state index contributed by atoms with van der Waals surface area (Å²) in [4.78, 5) is 16.9. The SMILES string of the molecule is O=C(CCc1nc(-c2cccs2)no1)Nc1ccc(NS(=O)(=O)c2ccc(F)c(F)c2)cc1. The number of carbonyl (C=O) groups is 1. The fourth-order valence-corrected chi connectivity index (χ4v) is 4.51. The Kier molecular flexibility index (Phi) is 6.47. The zero-order valence-corrected chi connectivity index (χ0v) is 18.4. The third-order valence-electron chi connectivity index (χ3n) is 4.40. The van der Waals surface area contributed by atoms with Crippen molar-refractivity contribution in [3.05, 3.63) is 77.5 Å². The van der Waals surface area contributed by atoms with E-state index >= 15 is 0 Å². The number of aromatic nitrogens is 2. The Morgan fingerprint density at radius 1 is 1.03 bits per heavy atom. The summed E-state index contributed by atoms with van der Waals surface area (Å²) in [6, 6.07) is 11.9. The minimum absolute atomic E-state index is 0.108. The third-order valence-corrected chi connectivity index (χ3v) is 6.64. The van der Waals surface area contributed by atoms with Crippen LogP contribution in [0.5, 0.6) is 0 Å². The molecule has 0 spiro atoms. The number of amides is 1. The van der Waals surface area contributed by atoms with Crippen LogP contribution in [0.2, 0.25) is 0 Å². The van der Waals surface area contributed by atoms with Gasteiger partial charge in [0, 0.05) is 24.2 Å². The third kappa shape index (κ3) is 5.59. The molecule has 0 atom stereocenters. The number of thiophene rings is 1. The van der Waals surface area contributed by atoms with Gasteiger partial charge in [0.1, 0.15) is 0 Å². The van der Waals surface area contributed by atoms with Crippen molar-refractivity contribution < 1.29 is 26.5 Å². The summed E-state index contributed by atoms with van der Waals surface area (Å²) in [5, 5.41) is 8.47. The minimum atomic E-state index is -4.11. The van der Waals surface area contributed by atoms with Crippen molar-refractivity contribution in [1.82, 2.24) is 10.1 Å². The number of sulfonamides is 1. The van der Waals surface area contributed by atoms with E-state index in [1.807, 2.05) is 17.5 Å². The van der Waals surface area contributed by atoms with E-state index in [1.165, 1.54) is 35.6 Å². The average Bonchev–Trinajstić information content (AvgIpc) is 3.47. The molecule has 33 heavy (non-hydrogen) atoms. The molecule has 12 heteroatoms. The zero-order valence-electron chi connectivity index (χ0n) is 16.8. The van der Waals surface area contributed by atoms with Crippen LogP contribution >= 0.6 is 11.3 Å². The largest absolute Gasteiger partial charge is 0.339 e. The molecule has 4 rings (SSSR count). The second kappa shape index (κ2) is 9.46. The Hall–Kier alpha value is -3.64. The molecule has 0 aliphatic carbocycles. The number of rotatable bonds is 8. The molecule has 0 fully saturated rings. The van der Waals surface area contributed by atoms with Gasteiger partial charge in [-0.3, -0.25) is 9.52 Å². The summed E-state index contributed by atoms with van der Waals surface area (Å²) in [5.41, 5.74) is 0.630. The lowest BCUT2D eigenvalue weighted by molar-refractivity contribution is -0.116. The van der Waals surface area contributed by atoms with Crippen LogP contribution in [-0.2, 0) is 21.2 Å². The fourth-order valence-electron chi connectivity index (χ4n) is 2.79. The van der Waals surface area contributed by atoms with Gasteiger partial charge in [-0.1, -0.05) is 11.2 Å². The maximum Gasteiger partial charge on any atom is 0.261 e. The highest BCUT2D eigenvalue weighted by atomic mass is 32.2. The number of halogens is 2. The van der Waals surface area contributed by atoms with Crippen molar-refractivity contribution in [2.45, 2.75) is 17.7 Å². The van der Waals surface area contributed by atoms with E-state index in [1.54, 1.807) is 0 Å². The number of benzene rings is 2. The summed E-state index contributed by atoms with van der Waals surface area (Å²) in [6.07, 6.45) is 0.368. The molecule has 2 aromatic heterocycles. The Labute approximate surface area is 191 Å². The molecule has 170 valence electrons. The van der Waals surface area contributed by atoms with Crippen molar-refractivity contribution >= 4 is 38.6 Å². The molecular formula is C21H16F2N4O4S2. The van der Waals surface area contributed by atoms with Gasteiger partial charge in [-0.15, -0.1) is 11.3 Å². The molecule has 0 saturated carbocycles. The highest BCUT2D eigenvalue weighted by Gasteiger charge is 2.17. The summed E-state index contributed by atoms with van der Waals surface area (Å²) in [7, 11) is -4.11. The molecule has 0 bridgehead atoms. The molecule has 1 amide bonds. The van der Waals surface area contributed by atoms with Crippen molar-refractivity contribution in [1.29, 1.82) is 0 Å². The molecule has 2 heterocycles. The first-order valence-electron chi connectivity index (χ1n) is 9.54. The fraction of sp³-hybridized carbons (Fsp3) is 0.0952. The maximum atomic E-state index is 13.3. The number of anilines is 2. The van der Waals surface area contributed by atoms with E-state index in [9.17, 15) is 22.0 Å². The topological polar surface area (TPSA) is 114 Å². The average molecular weight is 491 g/mol. The number of nitrogens with zero attached hydrogens (tertiary/aromatic N) is 2. The Balaban J connectivity index is 1.31. The van der Waals surface area contributed by atoms with Crippen LogP contribution in [0, 0.1) is 11.6 Å². The first-order chi connectivity index (χ1) is 15.8. The summed E-state index contributed by atoms with van der Waals surface area (Å²) in [6.45, 7) is 0. The van der Waals surface area contributed by atoms with Gasteiger partial charge in [-0.2, -0.15) is 4.98 Å². The molecule has 0 saturated heterocycles. The molecule has 2 aromatic carbocycles. The summed E-state index contributed by atoms with van der Waals surface area (Å²) >= 11 is 1.48. The van der Waals surface area contributed by atoms with Crippen LogP contribution in [0.3, 0.4) is 0 Å². The van der Waals surface area contributed by atoms with Gasteiger partial charge in [0.2, 0.25) is 17.6 Å². The van der Waals surface area contributed by atoms with E-state index in [2.05, 4.69) is 20.2 Å². The van der Waals surface area contributed by atoms with Crippen LogP contribution in [-0.4, -0.2) is 24.5 Å².